The molecule has 1 saturated carbocycles. The minimum Gasteiger partial charge on any atom is -0.346 e. The van der Waals surface area contributed by atoms with E-state index in [1.54, 1.807) is 12.1 Å². The van der Waals surface area contributed by atoms with Gasteiger partial charge in [0.05, 0.1) is 23.7 Å². The van der Waals surface area contributed by atoms with Gasteiger partial charge in [-0.2, -0.15) is 0 Å². The van der Waals surface area contributed by atoms with E-state index in [4.69, 9.17) is 9.47 Å². The van der Waals surface area contributed by atoms with E-state index < -0.39 is 15.8 Å². The molecule has 110 valence electrons. The van der Waals surface area contributed by atoms with E-state index >= 15 is 0 Å². The van der Waals surface area contributed by atoms with Crippen molar-refractivity contribution in [3.05, 3.63) is 22.8 Å². The van der Waals surface area contributed by atoms with Crippen LogP contribution in [0.25, 0.3) is 0 Å². The van der Waals surface area contributed by atoms with Gasteiger partial charge in [-0.25, -0.2) is 18.1 Å². The van der Waals surface area contributed by atoms with Crippen LogP contribution in [0.4, 0.5) is 0 Å². The van der Waals surface area contributed by atoms with Crippen molar-refractivity contribution in [1.29, 1.82) is 0 Å². The second-order valence-corrected chi connectivity index (χ2v) is 7.35. The van der Waals surface area contributed by atoms with Crippen LogP contribution in [0.15, 0.2) is 27.8 Å². The second kappa shape index (κ2) is 5.34. The fourth-order valence-corrected chi connectivity index (χ4v) is 4.93. The van der Waals surface area contributed by atoms with Crippen molar-refractivity contribution in [3.8, 4) is 0 Å². The van der Waals surface area contributed by atoms with Gasteiger partial charge < -0.3 is 9.47 Å². The van der Waals surface area contributed by atoms with Gasteiger partial charge in [-0.05, 0) is 40.9 Å². The molecule has 0 radical (unpaired) electrons. The van der Waals surface area contributed by atoms with Crippen LogP contribution < -0.4 is 4.72 Å². The zero-order valence-corrected chi connectivity index (χ0v) is 13.1. The topological polar surface area (TPSA) is 77.5 Å². The Morgan fingerprint density at radius 1 is 1.40 bits per heavy atom. The molecule has 6 nitrogen and oxygen atoms in total. The number of rotatable bonds is 3. The summed E-state index contributed by atoms with van der Waals surface area (Å²) >= 11 is 3.21. The third kappa shape index (κ3) is 2.50. The lowest BCUT2D eigenvalue weighted by molar-refractivity contribution is -0.162. The number of nitrogens with one attached hydrogen (secondary N) is 1. The van der Waals surface area contributed by atoms with Crippen molar-refractivity contribution in [2.75, 3.05) is 13.2 Å². The van der Waals surface area contributed by atoms with Gasteiger partial charge in [0.15, 0.2) is 10.8 Å². The molecule has 2 aliphatic rings. The predicted octanol–water partition coefficient (Wildman–Crippen LogP) is 1.42. The normalized spacial score (nSPS) is 25.4. The van der Waals surface area contributed by atoms with E-state index in [0.717, 1.165) is 6.42 Å². The molecular weight excluding hydrogens is 348 g/mol. The molecule has 8 heteroatoms. The zero-order chi connectivity index (χ0) is 14.2. The van der Waals surface area contributed by atoms with Gasteiger partial charge in [0.1, 0.15) is 0 Å². The van der Waals surface area contributed by atoms with Crippen molar-refractivity contribution < 1.29 is 17.9 Å². The Kier molecular flexibility index (Phi) is 3.85. The zero-order valence-electron chi connectivity index (χ0n) is 10.7. The largest absolute Gasteiger partial charge is 0.346 e. The number of hydrogen-bond acceptors (Lipinski definition) is 5. The van der Waals surface area contributed by atoms with Gasteiger partial charge in [-0.15, -0.1) is 0 Å². The molecule has 1 atom stereocenters. The molecule has 1 aromatic rings. The third-order valence-corrected chi connectivity index (χ3v) is 5.93. The predicted molar refractivity (Wildman–Crippen MR) is 74.5 cm³/mol. The van der Waals surface area contributed by atoms with Crippen molar-refractivity contribution in [3.63, 3.8) is 0 Å². The molecule has 1 spiro atoms. The van der Waals surface area contributed by atoms with E-state index in [1.807, 2.05) is 0 Å². The highest BCUT2D eigenvalue weighted by atomic mass is 79.9. The molecule has 0 amide bonds. The summed E-state index contributed by atoms with van der Waals surface area (Å²) in [5, 5.41) is -0.0138. The Labute approximate surface area is 126 Å². The molecule has 2 heterocycles. The van der Waals surface area contributed by atoms with Gasteiger partial charge in [0.2, 0.25) is 0 Å². The summed E-state index contributed by atoms with van der Waals surface area (Å²) in [5.41, 5.74) is 0. The van der Waals surface area contributed by atoms with Gasteiger partial charge in [-0.3, -0.25) is 0 Å². The van der Waals surface area contributed by atoms with E-state index in [9.17, 15) is 8.42 Å². The lowest BCUT2D eigenvalue weighted by Crippen LogP contribution is -2.49. The van der Waals surface area contributed by atoms with Crippen LogP contribution in [0.2, 0.25) is 0 Å². The van der Waals surface area contributed by atoms with E-state index in [0.29, 0.717) is 30.5 Å². The van der Waals surface area contributed by atoms with Crippen molar-refractivity contribution in [2.24, 2.45) is 0 Å². The summed E-state index contributed by atoms with van der Waals surface area (Å²) in [7, 11) is -3.71. The summed E-state index contributed by atoms with van der Waals surface area (Å²) in [6.45, 7) is 1.01. The number of hydrogen-bond donors (Lipinski definition) is 1. The number of nitrogens with zero attached hydrogens (tertiary/aromatic N) is 1. The van der Waals surface area contributed by atoms with Crippen LogP contribution in [-0.4, -0.2) is 38.4 Å². The first kappa shape index (κ1) is 14.4. The molecule has 3 rings (SSSR count). The molecule has 2 fully saturated rings. The van der Waals surface area contributed by atoms with Crippen LogP contribution in [-0.2, 0) is 19.5 Å². The number of aromatic nitrogens is 1. The standard InChI is InChI=1S/C12H15BrN2O4S/c13-9-3-2-6-14-11(9)20(16,17)15-10-4-1-5-12(10)18-7-8-19-12/h2-3,6,10,15H,1,4-5,7-8H2. The number of ether oxygens (including phenoxy) is 2. The first-order chi connectivity index (χ1) is 9.54. The fraction of sp³-hybridized carbons (Fsp3) is 0.583. The summed E-state index contributed by atoms with van der Waals surface area (Å²) < 4.78 is 39.3. The molecule has 20 heavy (non-hydrogen) atoms. The Morgan fingerprint density at radius 3 is 2.85 bits per heavy atom. The third-order valence-electron chi connectivity index (χ3n) is 3.60. The highest BCUT2D eigenvalue weighted by Crippen LogP contribution is 2.38. The average Bonchev–Trinajstić information content (AvgIpc) is 3.02. The number of pyridine rings is 1. The Bertz CT molecular complexity index is 596. The smallest absolute Gasteiger partial charge is 0.259 e. The van der Waals surface area contributed by atoms with Crippen molar-refractivity contribution in [2.45, 2.75) is 36.1 Å². The Hall–Kier alpha value is -0.540. The first-order valence-electron chi connectivity index (χ1n) is 6.44. The first-order valence-corrected chi connectivity index (χ1v) is 8.72. The Balaban J connectivity index is 1.85. The number of sulfonamides is 1. The van der Waals surface area contributed by atoms with Crippen molar-refractivity contribution in [1.82, 2.24) is 9.71 Å². The molecular formula is C12H15BrN2O4S. The molecule has 0 aromatic carbocycles. The molecule has 0 bridgehead atoms. The molecule has 1 unspecified atom stereocenters. The van der Waals surface area contributed by atoms with Crippen LogP contribution in [0.3, 0.4) is 0 Å². The monoisotopic (exact) mass is 362 g/mol. The maximum atomic E-state index is 12.4. The average molecular weight is 363 g/mol. The van der Waals surface area contributed by atoms with Gasteiger partial charge in [-0.1, -0.05) is 0 Å². The van der Waals surface area contributed by atoms with Gasteiger partial charge >= 0.3 is 0 Å². The summed E-state index contributed by atoms with van der Waals surface area (Å²) in [4.78, 5) is 3.93. The van der Waals surface area contributed by atoms with E-state index in [2.05, 4.69) is 25.6 Å². The maximum absolute atomic E-state index is 12.4. The minimum atomic E-state index is -3.71. The lowest BCUT2D eigenvalue weighted by Gasteiger charge is -2.29. The molecule has 1 aliphatic carbocycles. The molecule has 1 saturated heterocycles. The van der Waals surface area contributed by atoms with Crippen LogP contribution in [0.1, 0.15) is 19.3 Å². The molecule has 1 N–H and O–H groups in total. The maximum Gasteiger partial charge on any atom is 0.259 e. The highest BCUT2D eigenvalue weighted by molar-refractivity contribution is 9.10. The summed E-state index contributed by atoms with van der Waals surface area (Å²) in [6.07, 6.45) is 3.73. The quantitative estimate of drug-likeness (QED) is 0.879. The molecule has 1 aromatic heterocycles. The van der Waals surface area contributed by atoms with Crippen LogP contribution in [0.5, 0.6) is 0 Å². The second-order valence-electron chi connectivity index (χ2n) is 4.87. The van der Waals surface area contributed by atoms with Crippen LogP contribution in [0, 0.1) is 0 Å². The number of halogens is 1. The minimum absolute atomic E-state index is 0.0138. The Morgan fingerprint density at radius 2 is 2.15 bits per heavy atom. The molecule has 1 aliphatic heterocycles. The summed E-state index contributed by atoms with van der Waals surface area (Å²) in [6, 6.07) is 2.95. The SMILES string of the molecule is O=S(=O)(NC1CCCC12OCCO2)c1ncccc1Br. The van der Waals surface area contributed by atoms with Gasteiger partial charge in [0.25, 0.3) is 10.0 Å². The van der Waals surface area contributed by atoms with E-state index in [-0.39, 0.29) is 11.1 Å². The van der Waals surface area contributed by atoms with Gasteiger partial charge in [0, 0.05) is 12.6 Å². The highest BCUT2D eigenvalue weighted by Gasteiger charge is 2.49. The fourth-order valence-electron chi connectivity index (χ4n) is 2.72. The van der Waals surface area contributed by atoms with Crippen molar-refractivity contribution >= 4 is 26.0 Å². The lowest BCUT2D eigenvalue weighted by atomic mass is 10.2. The summed E-state index contributed by atoms with van der Waals surface area (Å²) in [5.74, 6) is -0.797. The van der Waals surface area contributed by atoms with Crippen LogP contribution >= 0.6 is 15.9 Å². The van der Waals surface area contributed by atoms with E-state index in [1.165, 1.54) is 6.20 Å².